The van der Waals surface area contributed by atoms with Gasteiger partial charge in [0.05, 0.1) is 12.8 Å². The molecule has 1 aromatic rings. The number of methoxy groups -OCH3 is 1. The summed E-state index contributed by atoms with van der Waals surface area (Å²) in [6, 6.07) is 4.78. The molecule has 5 heteroatoms. The van der Waals surface area contributed by atoms with E-state index >= 15 is 0 Å². The fourth-order valence-corrected chi connectivity index (χ4v) is 1.29. The SMILES string of the molecule is COc1ccc(NC(=O)OC(C)(C)C)c(C=O)c1. The lowest BCUT2D eigenvalue weighted by molar-refractivity contribution is 0.0636. The molecule has 0 aromatic heterocycles. The maximum Gasteiger partial charge on any atom is 0.412 e. The minimum absolute atomic E-state index is 0.334. The van der Waals surface area contributed by atoms with Crippen molar-refractivity contribution < 1.29 is 19.1 Å². The van der Waals surface area contributed by atoms with Gasteiger partial charge in [0.25, 0.3) is 0 Å². The Morgan fingerprint density at radius 3 is 2.50 bits per heavy atom. The maximum absolute atomic E-state index is 11.6. The van der Waals surface area contributed by atoms with Crippen molar-refractivity contribution >= 4 is 18.1 Å². The van der Waals surface area contributed by atoms with E-state index in [4.69, 9.17) is 9.47 Å². The number of carbonyl (C=O) groups is 2. The zero-order chi connectivity index (χ0) is 13.8. The Labute approximate surface area is 106 Å². The van der Waals surface area contributed by atoms with Crippen LogP contribution in [-0.4, -0.2) is 25.1 Å². The van der Waals surface area contributed by atoms with Crippen LogP contribution in [0.2, 0.25) is 0 Å². The van der Waals surface area contributed by atoms with E-state index in [1.165, 1.54) is 7.11 Å². The molecule has 5 nitrogen and oxygen atoms in total. The van der Waals surface area contributed by atoms with E-state index in [-0.39, 0.29) is 0 Å². The minimum atomic E-state index is -0.601. The van der Waals surface area contributed by atoms with Gasteiger partial charge in [0.1, 0.15) is 11.4 Å². The molecule has 0 saturated heterocycles. The van der Waals surface area contributed by atoms with Crippen molar-refractivity contribution in [3.63, 3.8) is 0 Å². The molecule has 1 aromatic carbocycles. The second-order valence-electron chi connectivity index (χ2n) is 4.70. The van der Waals surface area contributed by atoms with Crippen LogP contribution >= 0.6 is 0 Å². The van der Waals surface area contributed by atoms with E-state index in [9.17, 15) is 9.59 Å². The summed E-state index contributed by atoms with van der Waals surface area (Å²) in [6.07, 6.45) is 0.0469. The van der Waals surface area contributed by atoms with Gasteiger partial charge in [0.2, 0.25) is 0 Å². The largest absolute Gasteiger partial charge is 0.497 e. The Hall–Kier alpha value is -2.04. The van der Waals surface area contributed by atoms with Gasteiger partial charge in [-0.1, -0.05) is 0 Å². The third-order valence-corrected chi connectivity index (χ3v) is 2.02. The van der Waals surface area contributed by atoms with Gasteiger partial charge in [-0.3, -0.25) is 10.1 Å². The van der Waals surface area contributed by atoms with Gasteiger partial charge in [-0.2, -0.15) is 0 Å². The lowest BCUT2D eigenvalue weighted by Gasteiger charge is -2.20. The van der Waals surface area contributed by atoms with E-state index < -0.39 is 11.7 Å². The Kier molecular flexibility index (Phi) is 4.31. The Bertz CT molecular complexity index is 449. The molecule has 0 radical (unpaired) electrons. The zero-order valence-corrected chi connectivity index (χ0v) is 10.9. The number of nitrogens with one attached hydrogen (secondary N) is 1. The van der Waals surface area contributed by atoms with Crippen LogP contribution in [0.25, 0.3) is 0 Å². The molecule has 0 atom stereocenters. The van der Waals surface area contributed by atoms with Crippen LogP contribution in [0.1, 0.15) is 31.1 Å². The van der Waals surface area contributed by atoms with Gasteiger partial charge in [0, 0.05) is 5.56 Å². The number of carbonyl (C=O) groups excluding carboxylic acids is 2. The number of aldehydes is 1. The first-order chi connectivity index (χ1) is 8.35. The predicted molar refractivity (Wildman–Crippen MR) is 68.2 cm³/mol. The maximum atomic E-state index is 11.6. The van der Waals surface area contributed by atoms with Crippen molar-refractivity contribution in [3.05, 3.63) is 23.8 Å². The monoisotopic (exact) mass is 251 g/mol. The van der Waals surface area contributed by atoms with Crippen LogP contribution in [0.5, 0.6) is 5.75 Å². The molecule has 98 valence electrons. The number of hydrogen-bond donors (Lipinski definition) is 1. The van der Waals surface area contributed by atoms with E-state index in [0.717, 1.165) is 0 Å². The molecule has 0 fully saturated rings. The smallest absolute Gasteiger partial charge is 0.412 e. The quantitative estimate of drug-likeness (QED) is 0.839. The van der Waals surface area contributed by atoms with Crippen LogP contribution in [0.4, 0.5) is 10.5 Å². The molecular formula is C13H17NO4. The Balaban J connectivity index is 2.84. The van der Waals surface area contributed by atoms with E-state index in [0.29, 0.717) is 23.3 Å². The van der Waals surface area contributed by atoms with Crippen LogP contribution in [0, 0.1) is 0 Å². The van der Waals surface area contributed by atoms with Crippen LogP contribution in [-0.2, 0) is 4.74 Å². The molecular weight excluding hydrogens is 234 g/mol. The molecule has 0 saturated carbocycles. The molecule has 0 aliphatic rings. The first-order valence-electron chi connectivity index (χ1n) is 5.49. The topological polar surface area (TPSA) is 64.6 Å². The molecule has 0 unspecified atom stereocenters. The predicted octanol–water partition coefficient (Wildman–Crippen LogP) is 2.85. The summed E-state index contributed by atoms with van der Waals surface area (Å²) in [4.78, 5) is 22.5. The van der Waals surface area contributed by atoms with Crippen molar-refractivity contribution in [1.82, 2.24) is 0 Å². The highest BCUT2D eigenvalue weighted by atomic mass is 16.6. The normalized spacial score (nSPS) is 10.7. The molecule has 0 aliphatic carbocycles. The number of benzene rings is 1. The van der Waals surface area contributed by atoms with Gasteiger partial charge < -0.3 is 9.47 Å². The summed E-state index contributed by atoms with van der Waals surface area (Å²) in [5.41, 5.74) is 0.137. The van der Waals surface area contributed by atoms with Crippen molar-refractivity contribution in [2.75, 3.05) is 12.4 Å². The van der Waals surface area contributed by atoms with Crippen LogP contribution in [0.15, 0.2) is 18.2 Å². The third kappa shape index (κ3) is 4.08. The summed E-state index contributed by atoms with van der Waals surface area (Å²) in [6.45, 7) is 5.30. The minimum Gasteiger partial charge on any atom is -0.497 e. The molecule has 0 bridgehead atoms. The average Bonchev–Trinajstić information content (AvgIpc) is 2.27. The highest BCUT2D eigenvalue weighted by Crippen LogP contribution is 2.21. The molecule has 0 spiro atoms. The molecule has 0 aliphatic heterocycles. The summed E-state index contributed by atoms with van der Waals surface area (Å²) in [5, 5.41) is 2.52. The zero-order valence-electron chi connectivity index (χ0n) is 10.9. The lowest BCUT2D eigenvalue weighted by Crippen LogP contribution is -2.27. The number of anilines is 1. The fraction of sp³-hybridized carbons (Fsp3) is 0.385. The second-order valence-corrected chi connectivity index (χ2v) is 4.70. The second kappa shape index (κ2) is 5.53. The first-order valence-corrected chi connectivity index (χ1v) is 5.49. The van der Waals surface area contributed by atoms with E-state index in [1.54, 1.807) is 39.0 Å². The lowest BCUT2D eigenvalue weighted by atomic mass is 10.2. The van der Waals surface area contributed by atoms with Crippen molar-refractivity contribution in [2.24, 2.45) is 0 Å². The highest BCUT2D eigenvalue weighted by molar-refractivity contribution is 5.93. The number of hydrogen-bond acceptors (Lipinski definition) is 4. The van der Waals surface area contributed by atoms with Crippen molar-refractivity contribution in [2.45, 2.75) is 26.4 Å². The molecule has 18 heavy (non-hydrogen) atoms. The van der Waals surface area contributed by atoms with E-state index in [2.05, 4.69) is 5.32 Å². The molecule has 0 heterocycles. The summed E-state index contributed by atoms with van der Waals surface area (Å²) >= 11 is 0. The van der Waals surface area contributed by atoms with Crippen LogP contribution < -0.4 is 10.1 Å². The summed E-state index contributed by atoms with van der Waals surface area (Å²) in [7, 11) is 1.50. The van der Waals surface area contributed by atoms with Gasteiger partial charge in [-0.25, -0.2) is 4.79 Å². The Morgan fingerprint density at radius 2 is 2.00 bits per heavy atom. The number of amides is 1. The van der Waals surface area contributed by atoms with E-state index in [1.807, 2.05) is 0 Å². The number of rotatable bonds is 3. The van der Waals surface area contributed by atoms with Crippen molar-refractivity contribution in [1.29, 1.82) is 0 Å². The standard InChI is InChI=1S/C13H17NO4/c1-13(2,3)18-12(16)14-11-6-5-10(17-4)7-9(11)8-15/h5-8H,1-4H3,(H,14,16). The third-order valence-electron chi connectivity index (χ3n) is 2.02. The average molecular weight is 251 g/mol. The van der Waals surface area contributed by atoms with Gasteiger partial charge in [-0.05, 0) is 39.0 Å². The summed E-state index contributed by atoms with van der Waals surface area (Å²) < 4.78 is 10.1. The molecule has 1 N–H and O–H groups in total. The number of ether oxygens (including phenoxy) is 2. The molecule has 1 rings (SSSR count). The summed E-state index contributed by atoms with van der Waals surface area (Å²) in [5.74, 6) is 0.548. The van der Waals surface area contributed by atoms with Gasteiger partial charge in [-0.15, -0.1) is 0 Å². The highest BCUT2D eigenvalue weighted by Gasteiger charge is 2.17. The Morgan fingerprint density at radius 1 is 1.33 bits per heavy atom. The van der Waals surface area contributed by atoms with Gasteiger partial charge in [0.15, 0.2) is 6.29 Å². The molecule has 1 amide bonds. The van der Waals surface area contributed by atoms with Crippen LogP contribution in [0.3, 0.4) is 0 Å². The first kappa shape index (κ1) is 14.0. The van der Waals surface area contributed by atoms with Crippen molar-refractivity contribution in [3.8, 4) is 5.75 Å². The van der Waals surface area contributed by atoms with Gasteiger partial charge >= 0.3 is 6.09 Å². The fourth-order valence-electron chi connectivity index (χ4n) is 1.29.